The van der Waals surface area contributed by atoms with Crippen LogP contribution in [0.5, 0.6) is 5.75 Å². The molecule has 2 heterocycles. The Morgan fingerprint density at radius 2 is 1.82 bits per heavy atom. The van der Waals surface area contributed by atoms with Gasteiger partial charge in [0.05, 0.1) is 35.6 Å². The summed E-state index contributed by atoms with van der Waals surface area (Å²) in [4.78, 5) is 20.1. The van der Waals surface area contributed by atoms with Gasteiger partial charge in [0, 0.05) is 40.7 Å². The maximum atomic E-state index is 13.4. The minimum absolute atomic E-state index is 0.0715. The second-order valence-electron chi connectivity index (χ2n) is 8.49. The molecule has 0 saturated carbocycles. The summed E-state index contributed by atoms with van der Waals surface area (Å²) in [5.41, 5.74) is 5.06. The number of carbonyl (C=O) groups is 1. The average molecular weight is 492 g/mol. The number of nitrogens with zero attached hydrogens (tertiary/aromatic N) is 2. The molecular weight excluding hydrogens is 469 g/mol. The van der Waals surface area contributed by atoms with Crippen molar-refractivity contribution in [2.75, 3.05) is 30.9 Å². The standard InChI is InChI=1S/C27H23Cl2N3O2/c1-32(2)26-22-8-5-7-19(16-12-17(28)14-18(29)13-16)25(22)30-15-23(26)31-27(33)21-10-11-34-24-9-4-3-6-20(21)24/h3-9,12-15,21H,10-11H2,1-2H3,(H,31,33). The molecule has 0 radical (unpaired) electrons. The number of aromatic nitrogens is 1. The fourth-order valence-corrected chi connectivity index (χ4v) is 5.08. The number of benzene rings is 3. The molecular formula is C27H23Cl2N3O2. The Labute approximate surface area is 208 Å². The smallest absolute Gasteiger partial charge is 0.232 e. The third-order valence-electron chi connectivity index (χ3n) is 6.02. The molecule has 1 aliphatic rings. The number of nitrogens with one attached hydrogen (secondary N) is 1. The van der Waals surface area contributed by atoms with Crippen LogP contribution in [0.25, 0.3) is 22.0 Å². The van der Waals surface area contributed by atoms with E-state index in [0.717, 1.165) is 39.0 Å². The van der Waals surface area contributed by atoms with Crippen molar-refractivity contribution in [3.05, 3.63) is 82.5 Å². The van der Waals surface area contributed by atoms with Crippen LogP contribution in [-0.4, -0.2) is 31.6 Å². The van der Waals surface area contributed by atoms with Gasteiger partial charge in [0.25, 0.3) is 0 Å². The lowest BCUT2D eigenvalue weighted by atomic mass is 9.92. The summed E-state index contributed by atoms with van der Waals surface area (Å²) in [5, 5.41) is 5.18. The zero-order valence-electron chi connectivity index (χ0n) is 18.8. The number of amides is 1. The number of fused-ring (bicyclic) bond motifs is 2. The molecule has 5 nitrogen and oxygen atoms in total. The molecule has 1 atom stereocenters. The highest BCUT2D eigenvalue weighted by Gasteiger charge is 2.28. The maximum Gasteiger partial charge on any atom is 0.232 e. The predicted octanol–water partition coefficient (Wildman–Crippen LogP) is 6.78. The number of hydrogen-bond acceptors (Lipinski definition) is 4. The van der Waals surface area contributed by atoms with Crippen LogP contribution in [0.2, 0.25) is 10.0 Å². The van der Waals surface area contributed by atoms with Crippen molar-refractivity contribution in [1.29, 1.82) is 0 Å². The number of para-hydroxylation sites is 2. The third kappa shape index (κ3) is 4.17. The van der Waals surface area contributed by atoms with Gasteiger partial charge in [0.2, 0.25) is 5.91 Å². The number of pyridine rings is 1. The van der Waals surface area contributed by atoms with Crippen molar-refractivity contribution in [3.8, 4) is 16.9 Å². The van der Waals surface area contributed by atoms with E-state index in [0.29, 0.717) is 28.8 Å². The molecule has 0 saturated heterocycles. The minimum Gasteiger partial charge on any atom is -0.493 e. The maximum absolute atomic E-state index is 13.4. The van der Waals surface area contributed by atoms with Gasteiger partial charge in [-0.3, -0.25) is 9.78 Å². The van der Waals surface area contributed by atoms with E-state index in [1.54, 1.807) is 12.3 Å². The fourth-order valence-electron chi connectivity index (χ4n) is 4.56. The lowest BCUT2D eigenvalue weighted by Crippen LogP contribution is -2.27. The fraction of sp³-hybridized carbons (Fsp3) is 0.185. The summed E-state index contributed by atoms with van der Waals surface area (Å²) in [5.74, 6) is 0.413. The normalized spacial score (nSPS) is 14.9. The number of anilines is 2. The third-order valence-corrected chi connectivity index (χ3v) is 6.46. The van der Waals surface area contributed by atoms with Crippen LogP contribution >= 0.6 is 23.2 Å². The summed E-state index contributed by atoms with van der Waals surface area (Å²) in [6, 6.07) is 19.1. The molecule has 0 aliphatic carbocycles. The Morgan fingerprint density at radius 1 is 1.06 bits per heavy atom. The number of rotatable bonds is 4. The molecule has 1 aliphatic heterocycles. The van der Waals surface area contributed by atoms with Gasteiger partial charge in [0.1, 0.15) is 5.75 Å². The van der Waals surface area contributed by atoms with Crippen LogP contribution in [0.15, 0.2) is 66.9 Å². The van der Waals surface area contributed by atoms with E-state index < -0.39 is 0 Å². The van der Waals surface area contributed by atoms with Gasteiger partial charge in [-0.15, -0.1) is 0 Å². The second-order valence-corrected chi connectivity index (χ2v) is 9.36. The Bertz CT molecular complexity index is 1380. The van der Waals surface area contributed by atoms with E-state index in [4.69, 9.17) is 32.9 Å². The number of carbonyl (C=O) groups excluding carboxylic acids is 1. The molecule has 1 aromatic heterocycles. The topological polar surface area (TPSA) is 54.5 Å². The Balaban J connectivity index is 1.57. The van der Waals surface area contributed by atoms with Gasteiger partial charge in [0.15, 0.2) is 0 Å². The summed E-state index contributed by atoms with van der Waals surface area (Å²) in [6.45, 7) is 0.511. The Morgan fingerprint density at radius 3 is 2.59 bits per heavy atom. The summed E-state index contributed by atoms with van der Waals surface area (Å²) in [7, 11) is 3.91. The van der Waals surface area contributed by atoms with Gasteiger partial charge < -0.3 is 15.0 Å². The first-order valence-corrected chi connectivity index (χ1v) is 11.8. The summed E-state index contributed by atoms with van der Waals surface area (Å²) < 4.78 is 5.73. The van der Waals surface area contributed by atoms with Crippen molar-refractivity contribution >= 4 is 51.4 Å². The second kappa shape index (κ2) is 9.16. The molecule has 7 heteroatoms. The highest BCUT2D eigenvalue weighted by Crippen LogP contribution is 2.39. The minimum atomic E-state index is -0.282. The first-order valence-electron chi connectivity index (χ1n) is 11.0. The van der Waals surface area contributed by atoms with Gasteiger partial charge in [-0.25, -0.2) is 0 Å². The zero-order chi connectivity index (χ0) is 23.8. The monoisotopic (exact) mass is 491 g/mol. The molecule has 1 amide bonds. The van der Waals surface area contributed by atoms with Crippen LogP contribution in [0.3, 0.4) is 0 Å². The van der Waals surface area contributed by atoms with Crippen molar-refractivity contribution in [2.24, 2.45) is 0 Å². The van der Waals surface area contributed by atoms with Crippen molar-refractivity contribution < 1.29 is 9.53 Å². The molecule has 0 fully saturated rings. The number of halogens is 2. The van der Waals surface area contributed by atoms with E-state index in [1.165, 1.54) is 0 Å². The Kier molecular flexibility index (Phi) is 6.07. The van der Waals surface area contributed by atoms with E-state index in [-0.39, 0.29) is 11.8 Å². The van der Waals surface area contributed by atoms with Crippen molar-refractivity contribution in [2.45, 2.75) is 12.3 Å². The van der Waals surface area contributed by atoms with Crippen LogP contribution in [0, 0.1) is 0 Å². The molecule has 172 valence electrons. The molecule has 0 spiro atoms. The van der Waals surface area contributed by atoms with Gasteiger partial charge in [-0.2, -0.15) is 0 Å². The summed E-state index contributed by atoms with van der Waals surface area (Å²) >= 11 is 12.5. The quantitative estimate of drug-likeness (QED) is 0.341. The summed E-state index contributed by atoms with van der Waals surface area (Å²) in [6.07, 6.45) is 2.34. The highest BCUT2D eigenvalue weighted by atomic mass is 35.5. The van der Waals surface area contributed by atoms with Crippen LogP contribution in [0.4, 0.5) is 11.4 Å². The SMILES string of the molecule is CN(C)c1c(NC(=O)C2CCOc3ccccc32)cnc2c(-c3cc(Cl)cc(Cl)c3)cccc12. The zero-order valence-corrected chi connectivity index (χ0v) is 20.3. The van der Waals surface area contributed by atoms with E-state index in [1.807, 2.05) is 73.6 Å². The molecule has 3 aromatic carbocycles. The first kappa shape index (κ1) is 22.5. The van der Waals surface area contributed by atoms with Crippen LogP contribution in [-0.2, 0) is 4.79 Å². The molecule has 1 unspecified atom stereocenters. The van der Waals surface area contributed by atoms with E-state index in [2.05, 4.69) is 5.32 Å². The lowest BCUT2D eigenvalue weighted by molar-refractivity contribution is -0.118. The highest BCUT2D eigenvalue weighted by molar-refractivity contribution is 6.35. The molecule has 0 bridgehead atoms. The molecule has 4 aromatic rings. The lowest BCUT2D eigenvalue weighted by Gasteiger charge is -2.26. The van der Waals surface area contributed by atoms with E-state index in [9.17, 15) is 4.79 Å². The Hall–Kier alpha value is -3.28. The van der Waals surface area contributed by atoms with Crippen LogP contribution < -0.4 is 15.0 Å². The van der Waals surface area contributed by atoms with Gasteiger partial charge in [-0.1, -0.05) is 59.6 Å². The molecule has 1 N–H and O–H groups in total. The molecule has 34 heavy (non-hydrogen) atoms. The van der Waals surface area contributed by atoms with Gasteiger partial charge in [-0.05, 0) is 36.2 Å². The predicted molar refractivity (Wildman–Crippen MR) is 139 cm³/mol. The van der Waals surface area contributed by atoms with Crippen molar-refractivity contribution in [3.63, 3.8) is 0 Å². The largest absolute Gasteiger partial charge is 0.493 e. The number of hydrogen-bond donors (Lipinski definition) is 1. The van der Waals surface area contributed by atoms with Crippen molar-refractivity contribution in [1.82, 2.24) is 4.98 Å². The van der Waals surface area contributed by atoms with E-state index >= 15 is 0 Å². The average Bonchev–Trinajstić information content (AvgIpc) is 2.82. The van der Waals surface area contributed by atoms with Crippen LogP contribution in [0.1, 0.15) is 17.9 Å². The van der Waals surface area contributed by atoms with Gasteiger partial charge >= 0.3 is 0 Å². The number of ether oxygens (including phenoxy) is 1. The first-order chi connectivity index (χ1) is 16.4. The molecule has 5 rings (SSSR count).